The van der Waals surface area contributed by atoms with Gasteiger partial charge in [0.05, 0.1) is 0 Å². The first-order chi connectivity index (χ1) is 10.1. The van der Waals surface area contributed by atoms with Crippen LogP contribution in [0.2, 0.25) is 0 Å². The number of aliphatic hydroxyl groups excluding tert-OH is 1. The predicted molar refractivity (Wildman–Crippen MR) is 88.5 cm³/mol. The highest BCUT2D eigenvalue weighted by atomic mass is 79.9. The molecule has 0 bridgehead atoms. The third-order valence-corrected chi connectivity index (χ3v) is 3.58. The van der Waals surface area contributed by atoms with Gasteiger partial charge in [0.15, 0.2) is 0 Å². The molecule has 1 atom stereocenters. The second-order valence-corrected chi connectivity index (χ2v) is 5.95. The molecule has 2 rings (SSSR count). The second-order valence-electron chi connectivity index (χ2n) is 5.04. The van der Waals surface area contributed by atoms with E-state index in [9.17, 15) is 5.11 Å². The van der Waals surface area contributed by atoms with Gasteiger partial charge < -0.3 is 15.2 Å². The fourth-order valence-electron chi connectivity index (χ4n) is 1.99. The van der Waals surface area contributed by atoms with E-state index in [-0.39, 0.29) is 6.61 Å². The van der Waals surface area contributed by atoms with E-state index in [0.29, 0.717) is 6.54 Å². The summed E-state index contributed by atoms with van der Waals surface area (Å²) in [6, 6.07) is 15.9. The number of aryl methyl sites for hydroxylation is 1. The van der Waals surface area contributed by atoms with Gasteiger partial charge in [-0.15, -0.1) is 0 Å². The summed E-state index contributed by atoms with van der Waals surface area (Å²) in [7, 11) is 0. The summed E-state index contributed by atoms with van der Waals surface area (Å²) in [6.45, 7) is 3.61. The number of hydrogen-bond donors (Lipinski definition) is 2. The molecule has 0 aliphatic heterocycles. The van der Waals surface area contributed by atoms with Crippen LogP contribution in [-0.2, 0) is 6.54 Å². The quantitative estimate of drug-likeness (QED) is 0.805. The zero-order valence-corrected chi connectivity index (χ0v) is 13.6. The maximum absolute atomic E-state index is 9.90. The van der Waals surface area contributed by atoms with Crippen LogP contribution in [0.3, 0.4) is 0 Å². The van der Waals surface area contributed by atoms with E-state index in [4.69, 9.17) is 4.74 Å². The molecule has 0 saturated carbocycles. The van der Waals surface area contributed by atoms with Crippen molar-refractivity contribution in [3.8, 4) is 5.75 Å². The molecule has 0 spiro atoms. The van der Waals surface area contributed by atoms with Crippen LogP contribution in [-0.4, -0.2) is 24.4 Å². The minimum atomic E-state index is -0.529. The Balaban J connectivity index is 1.67. The minimum absolute atomic E-state index is 0.280. The van der Waals surface area contributed by atoms with Gasteiger partial charge in [-0.05, 0) is 36.8 Å². The van der Waals surface area contributed by atoms with Gasteiger partial charge in [-0.3, -0.25) is 0 Å². The van der Waals surface area contributed by atoms with E-state index in [1.165, 1.54) is 11.1 Å². The van der Waals surface area contributed by atoms with Gasteiger partial charge in [0.2, 0.25) is 0 Å². The molecule has 2 aromatic carbocycles. The maximum Gasteiger partial charge on any atom is 0.119 e. The van der Waals surface area contributed by atoms with Crippen LogP contribution in [0.25, 0.3) is 0 Å². The van der Waals surface area contributed by atoms with Crippen molar-refractivity contribution in [1.82, 2.24) is 5.32 Å². The summed E-state index contributed by atoms with van der Waals surface area (Å²) in [6.07, 6.45) is -0.529. The molecule has 0 amide bonds. The standard InChI is InChI=1S/C17H20BrNO2/c1-13-3-2-4-14(9-13)10-19-11-16(20)12-21-17-7-5-15(18)6-8-17/h2-9,16,19-20H,10-12H2,1H3. The van der Waals surface area contributed by atoms with Gasteiger partial charge in [0.1, 0.15) is 18.5 Å². The third kappa shape index (κ3) is 5.87. The number of rotatable bonds is 7. The molecular formula is C17H20BrNO2. The van der Waals surface area contributed by atoms with Gasteiger partial charge in [-0.25, -0.2) is 0 Å². The predicted octanol–water partition coefficient (Wildman–Crippen LogP) is 3.29. The summed E-state index contributed by atoms with van der Waals surface area (Å²) >= 11 is 3.37. The van der Waals surface area contributed by atoms with Gasteiger partial charge in [0, 0.05) is 17.6 Å². The summed E-state index contributed by atoms with van der Waals surface area (Å²) < 4.78 is 6.54. The molecule has 0 heterocycles. The lowest BCUT2D eigenvalue weighted by molar-refractivity contribution is 0.106. The van der Waals surface area contributed by atoms with Crippen LogP contribution < -0.4 is 10.1 Å². The number of nitrogens with one attached hydrogen (secondary N) is 1. The number of aliphatic hydroxyl groups is 1. The highest BCUT2D eigenvalue weighted by Crippen LogP contribution is 2.16. The summed E-state index contributed by atoms with van der Waals surface area (Å²) in [5.74, 6) is 0.760. The van der Waals surface area contributed by atoms with Gasteiger partial charge in [-0.2, -0.15) is 0 Å². The Morgan fingerprint density at radius 1 is 1.19 bits per heavy atom. The molecule has 0 aliphatic carbocycles. The number of ether oxygens (including phenoxy) is 1. The van der Waals surface area contributed by atoms with Crippen LogP contribution >= 0.6 is 15.9 Å². The van der Waals surface area contributed by atoms with Crippen molar-refractivity contribution >= 4 is 15.9 Å². The zero-order chi connectivity index (χ0) is 15.1. The number of hydrogen-bond acceptors (Lipinski definition) is 3. The highest BCUT2D eigenvalue weighted by Gasteiger charge is 2.05. The fourth-order valence-corrected chi connectivity index (χ4v) is 2.25. The first-order valence-corrected chi connectivity index (χ1v) is 7.75. The van der Waals surface area contributed by atoms with E-state index in [1.807, 2.05) is 30.3 Å². The molecule has 2 aromatic rings. The lowest BCUT2D eigenvalue weighted by Gasteiger charge is -2.13. The maximum atomic E-state index is 9.90. The topological polar surface area (TPSA) is 41.5 Å². The van der Waals surface area contributed by atoms with Crippen LogP contribution in [0.1, 0.15) is 11.1 Å². The smallest absolute Gasteiger partial charge is 0.119 e. The zero-order valence-electron chi connectivity index (χ0n) is 12.1. The third-order valence-electron chi connectivity index (χ3n) is 3.05. The Morgan fingerprint density at radius 3 is 2.67 bits per heavy atom. The monoisotopic (exact) mass is 349 g/mol. The SMILES string of the molecule is Cc1cccc(CNCC(O)COc2ccc(Br)cc2)c1. The van der Waals surface area contributed by atoms with Crippen molar-refractivity contribution in [1.29, 1.82) is 0 Å². The molecule has 3 nitrogen and oxygen atoms in total. The molecule has 0 saturated heterocycles. The average Bonchev–Trinajstić information content (AvgIpc) is 2.47. The lowest BCUT2D eigenvalue weighted by Crippen LogP contribution is -2.31. The van der Waals surface area contributed by atoms with E-state index >= 15 is 0 Å². The van der Waals surface area contributed by atoms with E-state index in [0.717, 1.165) is 16.8 Å². The largest absolute Gasteiger partial charge is 0.491 e. The first-order valence-electron chi connectivity index (χ1n) is 6.96. The minimum Gasteiger partial charge on any atom is -0.491 e. The van der Waals surface area contributed by atoms with Crippen molar-refractivity contribution in [3.63, 3.8) is 0 Å². The molecule has 0 fully saturated rings. The normalized spacial score (nSPS) is 12.1. The molecule has 1 unspecified atom stereocenters. The fraction of sp³-hybridized carbons (Fsp3) is 0.294. The summed E-state index contributed by atoms with van der Waals surface area (Å²) in [5.41, 5.74) is 2.46. The van der Waals surface area contributed by atoms with Crippen LogP contribution in [0.4, 0.5) is 0 Å². The highest BCUT2D eigenvalue weighted by molar-refractivity contribution is 9.10. The van der Waals surface area contributed by atoms with Gasteiger partial charge >= 0.3 is 0 Å². The van der Waals surface area contributed by atoms with Crippen LogP contribution in [0.15, 0.2) is 53.0 Å². The number of halogens is 1. The van der Waals surface area contributed by atoms with Crippen molar-refractivity contribution in [2.24, 2.45) is 0 Å². The van der Waals surface area contributed by atoms with Crippen LogP contribution in [0, 0.1) is 6.92 Å². The number of benzene rings is 2. The Labute approximate surface area is 134 Å². The van der Waals surface area contributed by atoms with Crippen LogP contribution in [0.5, 0.6) is 5.75 Å². The Hall–Kier alpha value is -1.36. The van der Waals surface area contributed by atoms with E-state index in [1.54, 1.807) is 0 Å². The summed E-state index contributed by atoms with van der Waals surface area (Å²) in [5, 5.41) is 13.1. The Morgan fingerprint density at radius 2 is 1.95 bits per heavy atom. The summed E-state index contributed by atoms with van der Waals surface area (Å²) in [4.78, 5) is 0. The van der Waals surface area contributed by atoms with E-state index < -0.39 is 6.10 Å². The van der Waals surface area contributed by atoms with Crippen molar-refractivity contribution in [2.45, 2.75) is 19.6 Å². The van der Waals surface area contributed by atoms with Gasteiger partial charge in [-0.1, -0.05) is 45.8 Å². The molecule has 0 aromatic heterocycles. The average molecular weight is 350 g/mol. The van der Waals surface area contributed by atoms with Crippen molar-refractivity contribution in [2.75, 3.05) is 13.2 Å². The molecule has 0 radical (unpaired) electrons. The molecule has 2 N–H and O–H groups in total. The molecule has 4 heteroatoms. The second kappa shape index (κ2) is 8.17. The Bertz CT molecular complexity index is 557. The lowest BCUT2D eigenvalue weighted by atomic mass is 10.1. The van der Waals surface area contributed by atoms with E-state index in [2.05, 4.69) is 46.4 Å². The molecule has 0 aliphatic rings. The molecular weight excluding hydrogens is 330 g/mol. The van der Waals surface area contributed by atoms with Gasteiger partial charge in [0.25, 0.3) is 0 Å². The Kier molecular flexibility index (Phi) is 6.23. The first kappa shape index (κ1) is 16.0. The molecule has 21 heavy (non-hydrogen) atoms. The molecule has 112 valence electrons. The van der Waals surface area contributed by atoms with Crippen molar-refractivity contribution < 1.29 is 9.84 Å². The van der Waals surface area contributed by atoms with Crippen molar-refractivity contribution in [3.05, 3.63) is 64.1 Å².